The fourth-order valence-corrected chi connectivity index (χ4v) is 11.2. The second-order valence-corrected chi connectivity index (χ2v) is 29.7. The van der Waals surface area contributed by atoms with E-state index in [-0.39, 0.29) is 30.2 Å². The van der Waals surface area contributed by atoms with E-state index in [4.69, 9.17) is 0 Å². The Bertz CT molecular complexity index is 1110. The van der Waals surface area contributed by atoms with Gasteiger partial charge in [0.05, 0.1) is 16.1 Å². The minimum atomic E-state index is -1.23. The van der Waals surface area contributed by atoms with Crippen LogP contribution < -0.4 is 35.2 Å². The molecule has 1 aliphatic carbocycles. The van der Waals surface area contributed by atoms with E-state index in [0.717, 1.165) is 6.42 Å². The van der Waals surface area contributed by atoms with Gasteiger partial charge in [0.15, 0.2) is 0 Å². The zero-order valence-corrected chi connectivity index (χ0v) is 30.7. The molecule has 2 aliphatic rings. The van der Waals surface area contributed by atoms with Gasteiger partial charge in [0.25, 0.3) is 0 Å². The quantitative estimate of drug-likeness (QED) is 0.293. The summed E-state index contributed by atoms with van der Waals surface area (Å²) in [6.07, 6.45) is 17.7. The van der Waals surface area contributed by atoms with Crippen molar-refractivity contribution in [1.29, 1.82) is 0 Å². The third-order valence-corrected chi connectivity index (χ3v) is 16.7. The normalized spacial score (nSPS) is 15.5. The van der Waals surface area contributed by atoms with Gasteiger partial charge in [-0.05, 0) is 0 Å². The standard InChI is InChI=1S/C19H25Si2.C7H14Si.C5H5.2ClH.Zr/c1-20(2,3)16-7-9-18-14(12-16)11-15-13-17(21(4,5)6)8-10-19(15)18;1-2-4-6-8-7-5-3-1;1-2-4-5-3-1;;;/h7-13H,1-6H3;1-7H2;1-3H,4H2;2*1H;/q-1;;-1;;;+2/p-2. The summed E-state index contributed by atoms with van der Waals surface area (Å²) in [5, 5.41) is 8.75. The Morgan fingerprint density at radius 2 is 1.19 bits per heavy atom. The first-order chi connectivity index (χ1) is 16.6. The Kier molecular flexibility index (Phi) is 15.3. The topological polar surface area (TPSA) is 0 Å². The van der Waals surface area contributed by atoms with Crippen LogP contribution in [0, 0.1) is 6.08 Å². The van der Waals surface area contributed by atoms with E-state index < -0.39 is 16.1 Å². The van der Waals surface area contributed by atoms with E-state index in [0.29, 0.717) is 0 Å². The van der Waals surface area contributed by atoms with E-state index in [2.05, 4.69) is 93.9 Å². The molecule has 0 nitrogen and oxygen atoms in total. The summed E-state index contributed by atoms with van der Waals surface area (Å²) in [5.74, 6) is 0. The Morgan fingerprint density at radius 1 is 0.730 bits per heavy atom. The van der Waals surface area contributed by atoms with Crippen LogP contribution in [0.1, 0.15) is 38.5 Å². The van der Waals surface area contributed by atoms with Crippen molar-refractivity contribution in [3.05, 3.63) is 66.8 Å². The van der Waals surface area contributed by atoms with Crippen molar-refractivity contribution in [3.8, 4) is 0 Å². The Balaban J connectivity index is 0.000000354. The molecule has 0 amide bonds. The number of benzene rings is 2. The van der Waals surface area contributed by atoms with Gasteiger partial charge in [0.2, 0.25) is 0 Å². The average Bonchev–Trinajstić information content (AvgIpc) is 3.46. The monoisotopic (exact) mass is 660 g/mol. The molecule has 1 aliphatic heterocycles. The molecule has 3 aromatic rings. The molecule has 200 valence electrons. The van der Waals surface area contributed by atoms with Crippen molar-refractivity contribution in [2.24, 2.45) is 0 Å². The van der Waals surface area contributed by atoms with Gasteiger partial charge in [0.1, 0.15) is 0 Å². The van der Waals surface area contributed by atoms with Gasteiger partial charge in [-0.2, -0.15) is 6.08 Å². The predicted molar refractivity (Wildman–Crippen MR) is 163 cm³/mol. The molecule has 3 aromatic carbocycles. The van der Waals surface area contributed by atoms with E-state index in [1.807, 2.05) is 35.5 Å². The van der Waals surface area contributed by atoms with E-state index in [9.17, 15) is 0 Å². The minimum absolute atomic E-state index is 0. The average molecular weight is 663 g/mol. The molecule has 1 fully saturated rings. The zero-order chi connectivity index (χ0) is 25.5. The Labute approximate surface area is 256 Å². The summed E-state index contributed by atoms with van der Waals surface area (Å²) in [6, 6.07) is 19.9. The van der Waals surface area contributed by atoms with Crippen molar-refractivity contribution in [2.45, 2.75) is 89.9 Å². The fourth-order valence-electron chi connectivity index (χ4n) is 4.63. The number of allylic oxidation sites excluding steroid dienone is 4. The first kappa shape index (κ1) is 34.9. The van der Waals surface area contributed by atoms with Crippen molar-refractivity contribution in [1.82, 2.24) is 0 Å². The first-order valence-electron chi connectivity index (χ1n) is 13.5. The summed E-state index contributed by atoms with van der Waals surface area (Å²) in [7, 11) is -2.47. The third kappa shape index (κ3) is 11.1. The summed E-state index contributed by atoms with van der Waals surface area (Å²) in [5.41, 5.74) is 0.238. The van der Waals surface area contributed by atoms with Gasteiger partial charge in [-0.1, -0.05) is 73.9 Å². The zero-order valence-electron chi connectivity index (χ0n) is 23.7. The van der Waals surface area contributed by atoms with Crippen molar-refractivity contribution in [3.63, 3.8) is 0 Å². The third-order valence-electron chi connectivity index (χ3n) is 6.98. The van der Waals surface area contributed by atoms with Crippen LogP contribution in [0.5, 0.6) is 0 Å². The molecule has 0 saturated carbocycles. The summed E-state index contributed by atoms with van der Waals surface area (Å²) < 4.78 is 0. The number of rotatable bonds is 2. The molecule has 0 bridgehead atoms. The van der Waals surface area contributed by atoms with Crippen LogP contribution >= 0.6 is 0 Å². The molecular formula is C31H44Cl2Si3Zr-2. The maximum atomic E-state index is 2.99. The van der Waals surface area contributed by atoms with Crippen LogP contribution in [0.15, 0.2) is 60.7 Å². The van der Waals surface area contributed by atoms with Gasteiger partial charge in [0, 0.05) is 0 Å². The molecule has 0 radical (unpaired) electrons. The second kappa shape index (κ2) is 16.2. The Morgan fingerprint density at radius 3 is 1.54 bits per heavy atom. The second-order valence-electron chi connectivity index (χ2n) is 12.1. The van der Waals surface area contributed by atoms with Crippen LogP contribution in [0.25, 0.3) is 21.5 Å². The maximum absolute atomic E-state index is 2.99. The van der Waals surface area contributed by atoms with E-state index >= 15 is 0 Å². The number of fused-ring (bicyclic) bond motifs is 3. The van der Waals surface area contributed by atoms with Gasteiger partial charge >= 0.3 is 73.0 Å². The van der Waals surface area contributed by atoms with E-state index in [1.165, 1.54) is 40.8 Å². The van der Waals surface area contributed by atoms with Crippen molar-refractivity contribution >= 4 is 53.5 Å². The molecule has 0 spiro atoms. The van der Waals surface area contributed by atoms with Gasteiger partial charge in [-0.25, -0.2) is 12.2 Å². The van der Waals surface area contributed by atoms with Crippen LogP contribution in [0.3, 0.4) is 0 Å². The Hall–Kier alpha value is -0.0962. The van der Waals surface area contributed by atoms with Crippen molar-refractivity contribution < 1.29 is 48.1 Å². The van der Waals surface area contributed by atoms with Gasteiger partial charge < -0.3 is 24.8 Å². The molecule has 5 rings (SSSR count). The molecular weight excluding hydrogens is 619 g/mol. The number of halogens is 2. The SMILES string of the molecule is C[Si](C)(C)c1ccc2c(c1)[cH-]c1cc([Si](C)(C)C)ccc12.[C-]1=CC=CC1.[Cl-].[Cl-].[Zr+2]=[Si]1CCCCCCC1. The van der Waals surface area contributed by atoms with Crippen molar-refractivity contribution in [2.75, 3.05) is 0 Å². The molecule has 0 atom stereocenters. The van der Waals surface area contributed by atoms with Crippen LogP contribution in [0.2, 0.25) is 51.4 Å². The number of hydrogen-bond acceptors (Lipinski definition) is 0. The van der Waals surface area contributed by atoms with E-state index in [1.54, 1.807) is 35.3 Å². The molecule has 0 N–H and O–H groups in total. The number of hydrogen-bond donors (Lipinski definition) is 0. The molecule has 0 unspecified atom stereocenters. The van der Waals surface area contributed by atoms with Crippen LogP contribution in [-0.4, -0.2) is 21.6 Å². The fraction of sp³-hybridized carbons (Fsp3) is 0.452. The molecule has 37 heavy (non-hydrogen) atoms. The summed E-state index contributed by atoms with van der Waals surface area (Å²) >= 11 is 1.88. The van der Waals surface area contributed by atoms with Gasteiger partial charge in [-0.3, -0.25) is 6.08 Å². The van der Waals surface area contributed by atoms with Crippen LogP contribution in [-0.2, 0) is 23.3 Å². The van der Waals surface area contributed by atoms with Gasteiger partial charge in [-0.15, -0.1) is 46.2 Å². The summed E-state index contributed by atoms with van der Waals surface area (Å²) in [6.45, 7) is 14.5. The molecule has 1 saturated heterocycles. The molecule has 6 heteroatoms. The summed E-state index contributed by atoms with van der Waals surface area (Å²) in [4.78, 5) is 0. The molecule has 0 aromatic heterocycles. The predicted octanol–water partition coefficient (Wildman–Crippen LogP) is 2.60. The van der Waals surface area contributed by atoms with Crippen LogP contribution in [0.4, 0.5) is 0 Å². The molecule has 1 heterocycles. The first-order valence-corrected chi connectivity index (χ1v) is 26.1.